The van der Waals surface area contributed by atoms with Crippen LogP contribution in [0.3, 0.4) is 0 Å². The highest BCUT2D eigenvalue weighted by Gasteiger charge is 2.23. The molecule has 1 aromatic carbocycles. The number of halogens is 2. The van der Waals surface area contributed by atoms with E-state index in [0.717, 1.165) is 12.1 Å². The second kappa shape index (κ2) is 4.11. The SMILES string of the molecule is CCNS(=O)(=O)c1c(F)cc(N)cc1F. The van der Waals surface area contributed by atoms with E-state index in [-0.39, 0.29) is 12.2 Å². The molecule has 0 unspecified atom stereocenters. The van der Waals surface area contributed by atoms with E-state index < -0.39 is 26.6 Å². The number of hydrogen-bond donors (Lipinski definition) is 2. The van der Waals surface area contributed by atoms with Crippen molar-refractivity contribution in [2.45, 2.75) is 11.8 Å². The van der Waals surface area contributed by atoms with Crippen LogP contribution in [0, 0.1) is 11.6 Å². The summed E-state index contributed by atoms with van der Waals surface area (Å²) in [6.45, 7) is 1.55. The van der Waals surface area contributed by atoms with Crippen molar-refractivity contribution in [1.82, 2.24) is 4.72 Å². The van der Waals surface area contributed by atoms with Gasteiger partial charge < -0.3 is 5.73 Å². The van der Waals surface area contributed by atoms with Crippen molar-refractivity contribution in [2.75, 3.05) is 12.3 Å². The normalized spacial score (nSPS) is 11.7. The average Bonchev–Trinajstić information content (AvgIpc) is 1.99. The molecule has 0 fully saturated rings. The Morgan fingerprint density at radius 1 is 1.33 bits per heavy atom. The van der Waals surface area contributed by atoms with Crippen LogP contribution in [0.5, 0.6) is 0 Å². The van der Waals surface area contributed by atoms with Gasteiger partial charge in [0.1, 0.15) is 11.6 Å². The highest BCUT2D eigenvalue weighted by molar-refractivity contribution is 7.89. The fourth-order valence-electron chi connectivity index (χ4n) is 1.10. The minimum Gasteiger partial charge on any atom is -0.399 e. The summed E-state index contributed by atoms with van der Waals surface area (Å²) in [4.78, 5) is -1.00. The van der Waals surface area contributed by atoms with E-state index in [1.54, 1.807) is 0 Å². The standard InChI is InChI=1S/C8H10F2N2O2S/c1-2-12-15(13,14)8-6(9)3-5(11)4-7(8)10/h3-4,12H,2,11H2,1H3. The quantitative estimate of drug-likeness (QED) is 0.764. The van der Waals surface area contributed by atoms with Gasteiger partial charge in [-0.15, -0.1) is 0 Å². The first-order valence-corrected chi connectivity index (χ1v) is 5.61. The summed E-state index contributed by atoms with van der Waals surface area (Å²) in [5.41, 5.74) is 4.98. The molecule has 0 amide bonds. The summed E-state index contributed by atoms with van der Waals surface area (Å²) in [6, 6.07) is 1.51. The number of nitrogen functional groups attached to an aromatic ring is 1. The van der Waals surface area contributed by atoms with E-state index in [1.165, 1.54) is 6.92 Å². The summed E-state index contributed by atoms with van der Waals surface area (Å²) in [5.74, 6) is -2.40. The van der Waals surface area contributed by atoms with Gasteiger partial charge in [-0.3, -0.25) is 0 Å². The summed E-state index contributed by atoms with van der Waals surface area (Å²) in [7, 11) is -4.14. The maximum Gasteiger partial charge on any atom is 0.246 e. The van der Waals surface area contributed by atoms with E-state index in [2.05, 4.69) is 0 Å². The Kier molecular flexibility index (Phi) is 3.25. The Morgan fingerprint density at radius 3 is 2.20 bits per heavy atom. The van der Waals surface area contributed by atoms with Gasteiger partial charge in [0.25, 0.3) is 0 Å². The molecule has 4 nitrogen and oxygen atoms in total. The van der Waals surface area contributed by atoms with Gasteiger partial charge in [-0.25, -0.2) is 21.9 Å². The first kappa shape index (κ1) is 11.9. The number of nitrogens with two attached hydrogens (primary N) is 1. The molecule has 0 saturated heterocycles. The molecule has 0 aliphatic rings. The highest BCUT2D eigenvalue weighted by atomic mass is 32.2. The third-order valence-corrected chi connectivity index (χ3v) is 3.22. The molecule has 0 aliphatic carbocycles. The van der Waals surface area contributed by atoms with Gasteiger partial charge in [0, 0.05) is 12.2 Å². The van der Waals surface area contributed by atoms with E-state index in [1.807, 2.05) is 4.72 Å². The van der Waals surface area contributed by atoms with Gasteiger partial charge in [0.05, 0.1) is 0 Å². The third kappa shape index (κ3) is 2.42. The van der Waals surface area contributed by atoms with Gasteiger partial charge >= 0.3 is 0 Å². The molecule has 0 bridgehead atoms. The number of rotatable bonds is 3. The molecule has 0 spiro atoms. The van der Waals surface area contributed by atoms with Crippen LogP contribution in [0.25, 0.3) is 0 Å². The smallest absolute Gasteiger partial charge is 0.246 e. The Hall–Kier alpha value is -1.21. The average molecular weight is 236 g/mol. The first-order valence-electron chi connectivity index (χ1n) is 4.12. The maximum absolute atomic E-state index is 13.2. The van der Waals surface area contributed by atoms with Crippen LogP contribution in [0.4, 0.5) is 14.5 Å². The monoisotopic (exact) mass is 236 g/mol. The van der Waals surface area contributed by atoms with Crippen LogP contribution in [0.2, 0.25) is 0 Å². The molecular weight excluding hydrogens is 226 g/mol. The molecule has 15 heavy (non-hydrogen) atoms. The lowest BCUT2D eigenvalue weighted by Crippen LogP contribution is -2.25. The number of anilines is 1. The van der Waals surface area contributed by atoms with Gasteiger partial charge in [-0.2, -0.15) is 0 Å². The van der Waals surface area contributed by atoms with Crippen molar-refractivity contribution in [2.24, 2.45) is 0 Å². The van der Waals surface area contributed by atoms with Crippen LogP contribution in [-0.4, -0.2) is 15.0 Å². The van der Waals surface area contributed by atoms with Crippen LogP contribution in [0.15, 0.2) is 17.0 Å². The van der Waals surface area contributed by atoms with Crippen molar-refractivity contribution >= 4 is 15.7 Å². The molecule has 1 rings (SSSR count). The number of benzene rings is 1. The molecule has 0 aliphatic heterocycles. The summed E-state index contributed by atoms with van der Waals surface area (Å²) < 4.78 is 51.1. The zero-order valence-electron chi connectivity index (χ0n) is 7.92. The Bertz CT molecular complexity index is 451. The lowest BCUT2D eigenvalue weighted by molar-refractivity contribution is 0.515. The Labute approximate surface area is 86.1 Å². The second-order valence-corrected chi connectivity index (χ2v) is 4.52. The summed E-state index contributed by atoms with van der Waals surface area (Å²) >= 11 is 0. The summed E-state index contributed by atoms with van der Waals surface area (Å²) in [6.07, 6.45) is 0. The Balaban J connectivity index is 3.38. The zero-order valence-corrected chi connectivity index (χ0v) is 8.74. The van der Waals surface area contributed by atoms with Crippen LogP contribution >= 0.6 is 0 Å². The van der Waals surface area contributed by atoms with Crippen molar-refractivity contribution in [1.29, 1.82) is 0 Å². The molecular formula is C8H10F2N2O2S. The molecule has 84 valence electrons. The first-order chi connectivity index (χ1) is 6.88. The van der Waals surface area contributed by atoms with E-state index in [4.69, 9.17) is 5.73 Å². The van der Waals surface area contributed by atoms with Crippen molar-refractivity contribution in [3.8, 4) is 0 Å². The molecule has 1 aromatic rings. The van der Waals surface area contributed by atoms with Gasteiger partial charge in [-0.1, -0.05) is 6.92 Å². The van der Waals surface area contributed by atoms with Crippen molar-refractivity contribution in [3.05, 3.63) is 23.8 Å². The number of nitrogens with one attached hydrogen (secondary N) is 1. The van der Waals surface area contributed by atoms with Crippen LogP contribution in [-0.2, 0) is 10.0 Å². The predicted octanol–water partition coefficient (Wildman–Crippen LogP) is 0.845. The molecule has 0 radical (unpaired) electrons. The van der Waals surface area contributed by atoms with Crippen molar-refractivity contribution in [3.63, 3.8) is 0 Å². The van der Waals surface area contributed by atoms with Gasteiger partial charge in [-0.05, 0) is 12.1 Å². The fraction of sp³-hybridized carbons (Fsp3) is 0.250. The molecule has 0 saturated carbocycles. The highest BCUT2D eigenvalue weighted by Crippen LogP contribution is 2.21. The summed E-state index contributed by atoms with van der Waals surface area (Å²) in [5, 5.41) is 0. The lowest BCUT2D eigenvalue weighted by Gasteiger charge is -2.07. The van der Waals surface area contributed by atoms with E-state index in [9.17, 15) is 17.2 Å². The zero-order chi connectivity index (χ0) is 11.6. The molecule has 7 heteroatoms. The predicted molar refractivity (Wildman–Crippen MR) is 51.6 cm³/mol. The lowest BCUT2D eigenvalue weighted by atomic mass is 10.3. The Morgan fingerprint density at radius 2 is 1.80 bits per heavy atom. The minimum absolute atomic E-state index is 0.0472. The van der Waals surface area contributed by atoms with E-state index in [0.29, 0.717) is 0 Å². The molecule has 0 atom stereocenters. The van der Waals surface area contributed by atoms with Crippen molar-refractivity contribution < 1.29 is 17.2 Å². The topological polar surface area (TPSA) is 72.2 Å². The second-order valence-electron chi connectivity index (χ2n) is 2.82. The fourth-order valence-corrected chi connectivity index (χ4v) is 2.25. The third-order valence-electron chi connectivity index (χ3n) is 1.62. The van der Waals surface area contributed by atoms with Crippen LogP contribution in [0.1, 0.15) is 6.92 Å². The molecule has 3 N–H and O–H groups in total. The minimum atomic E-state index is -4.14. The van der Waals surface area contributed by atoms with E-state index >= 15 is 0 Å². The molecule has 0 heterocycles. The number of hydrogen-bond acceptors (Lipinski definition) is 3. The van der Waals surface area contributed by atoms with Crippen LogP contribution < -0.4 is 10.5 Å². The maximum atomic E-state index is 13.2. The largest absolute Gasteiger partial charge is 0.399 e. The molecule has 0 aromatic heterocycles. The van der Waals surface area contributed by atoms with Gasteiger partial charge in [0.2, 0.25) is 10.0 Å². The van der Waals surface area contributed by atoms with Gasteiger partial charge in [0.15, 0.2) is 4.90 Å². The number of sulfonamides is 1.